The normalized spacial score (nSPS) is 15.1. The van der Waals surface area contributed by atoms with E-state index in [1.54, 1.807) is 17.0 Å². The SMILES string of the molecule is CCOc1cc(/C=C2/SC(=Nc3ccc(C)c(Cl)c3)N(c3ccc(C)c(Cl)c3)C2=O)cc(I)c1OCc1ccccc1. The molecule has 5 rings (SSSR count). The van der Waals surface area contributed by atoms with E-state index in [0.717, 1.165) is 25.8 Å². The minimum absolute atomic E-state index is 0.200. The minimum Gasteiger partial charge on any atom is -0.490 e. The van der Waals surface area contributed by atoms with Crippen LogP contribution in [0.5, 0.6) is 11.5 Å². The zero-order valence-electron chi connectivity index (χ0n) is 23.2. The van der Waals surface area contributed by atoms with Crippen molar-refractivity contribution in [2.45, 2.75) is 27.4 Å². The molecule has 4 aromatic carbocycles. The molecule has 5 nitrogen and oxygen atoms in total. The Morgan fingerprint density at radius 1 is 0.929 bits per heavy atom. The van der Waals surface area contributed by atoms with Crippen LogP contribution in [-0.4, -0.2) is 17.7 Å². The number of hydrogen-bond donors (Lipinski definition) is 0. The van der Waals surface area contributed by atoms with Crippen molar-refractivity contribution < 1.29 is 14.3 Å². The van der Waals surface area contributed by atoms with Crippen molar-refractivity contribution in [2.24, 2.45) is 4.99 Å². The third-order valence-corrected chi connectivity index (χ3v) is 9.04. The number of benzene rings is 4. The van der Waals surface area contributed by atoms with Gasteiger partial charge >= 0.3 is 0 Å². The highest BCUT2D eigenvalue weighted by Gasteiger charge is 2.35. The Bertz CT molecular complexity index is 1710. The standard InChI is InChI=1S/C33H27Cl2IN2O3S/c1-4-40-29-15-23(14-28(36)31(29)41-19-22-8-6-5-7-9-22)16-30-32(39)38(25-13-11-21(3)27(35)18-25)33(42-30)37-24-12-10-20(2)26(34)17-24/h5-18H,4,19H2,1-3H3/b30-16+,37-33?. The molecule has 0 bridgehead atoms. The zero-order chi connectivity index (χ0) is 29.8. The summed E-state index contributed by atoms with van der Waals surface area (Å²) in [6.45, 7) is 6.68. The lowest BCUT2D eigenvalue weighted by molar-refractivity contribution is -0.113. The molecule has 1 fully saturated rings. The molecule has 4 aromatic rings. The van der Waals surface area contributed by atoms with Gasteiger partial charge in [0.15, 0.2) is 16.7 Å². The van der Waals surface area contributed by atoms with E-state index in [4.69, 9.17) is 37.7 Å². The zero-order valence-corrected chi connectivity index (χ0v) is 27.6. The van der Waals surface area contributed by atoms with Gasteiger partial charge in [-0.3, -0.25) is 9.69 Å². The Hall–Kier alpha value is -2.98. The third-order valence-electron chi connectivity index (χ3n) is 6.46. The molecule has 0 atom stereocenters. The van der Waals surface area contributed by atoms with Crippen LogP contribution >= 0.6 is 57.6 Å². The number of carbonyl (C=O) groups is 1. The second kappa shape index (κ2) is 13.5. The van der Waals surface area contributed by atoms with Crippen molar-refractivity contribution in [1.29, 1.82) is 0 Å². The Morgan fingerprint density at radius 3 is 2.33 bits per heavy atom. The molecule has 214 valence electrons. The number of thioether (sulfide) groups is 1. The third kappa shape index (κ3) is 6.97. The molecule has 9 heteroatoms. The summed E-state index contributed by atoms with van der Waals surface area (Å²) in [6, 6.07) is 25.0. The number of aryl methyl sites for hydroxylation is 2. The number of hydrogen-bond acceptors (Lipinski definition) is 5. The van der Waals surface area contributed by atoms with Crippen molar-refractivity contribution in [3.8, 4) is 11.5 Å². The summed E-state index contributed by atoms with van der Waals surface area (Å²) in [5.41, 5.74) is 5.04. The summed E-state index contributed by atoms with van der Waals surface area (Å²) in [5, 5.41) is 1.69. The second-order valence-electron chi connectivity index (χ2n) is 9.55. The number of rotatable bonds is 8. The molecular weight excluding hydrogens is 702 g/mol. The van der Waals surface area contributed by atoms with Crippen LogP contribution in [0.4, 0.5) is 11.4 Å². The average Bonchev–Trinajstić information content (AvgIpc) is 3.26. The minimum atomic E-state index is -0.200. The molecule has 1 aliphatic heterocycles. The molecular formula is C33H27Cl2IN2O3S. The number of amides is 1. The van der Waals surface area contributed by atoms with Gasteiger partial charge in [0.05, 0.1) is 26.5 Å². The number of ether oxygens (including phenoxy) is 2. The number of anilines is 1. The Morgan fingerprint density at radius 2 is 1.64 bits per heavy atom. The highest BCUT2D eigenvalue weighted by Crippen LogP contribution is 2.41. The van der Waals surface area contributed by atoms with Crippen molar-refractivity contribution in [1.82, 2.24) is 0 Å². The molecule has 0 spiro atoms. The van der Waals surface area contributed by atoms with E-state index >= 15 is 0 Å². The van der Waals surface area contributed by atoms with E-state index in [2.05, 4.69) is 22.6 Å². The maximum Gasteiger partial charge on any atom is 0.271 e. The van der Waals surface area contributed by atoms with Crippen molar-refractivity contribution in [3.63, 3.8) is 0 Å². The van der Waals surface area contributed by atoms with Gasteiger partial charge < -0.3 is 9.47 Å². The summed E-state index contributed by atoms with van der Waals surface area (Å²) in [6.07, 6.45) is 1.85. The van der Waals surface area contributed by atoms with E-state index in [0.29, 0.717) is 56.2 Å². The fourth-order valence-corrected chi connectivity index (χ4v) is 6.35. The number of nitrogens with zero attached hydrogens (tertiary/aromatic N) is 2. The Labute approximate surface area is 273 Å². The highest BCUT2D eigenvalue weighted by atomic mass is 127. The first-order chi connectivity index (χ1) is 20.2. The van der Waals surface area contributed by atoms with Gasteiger partial charge in [-0.25, -0.2) is 4.99 Å². The molecule has 1 aliphatic rings. The molecule has 0 unspecified atom stereocenters. The first kappa shape index (κ1) is 30.5. The van der Waals surface area contributed by atoms with Crippen molar-refractivity contribution in [2.75, 3.05) is 11.5 Å². The van der Waals surface area contributed by atoms with Gasteiger partial charge in [-0.05, 0) is 120 Å². The quantitative estimate of drug-likeness (QED) is 0.134. The van der Waals surface area contributed by atoms with Crippen molar-refractivity contribution in [3.05, 3.63) is 120 Å². The summed E-state index contributed by atoms with van der Waals surface area (Å²) in [5.74, 6) is 1.09. The van der Waals surface area contributed by atoms with E-state index in [-0.39, 0.29) is 5.91 Å². The highest BCUT2D eigenvalue weighted by molar-refractivity contribution is 14.1. The van der Waals surface area contributed by atoms with Gasteiger partial charge in [-0.15, -0.1) is 0 Å². The maximum absolute atomic E-state index is 13.9. The van der Waals surface area contributed by atoms with E-state index < -0.39 is 0 Å². The summed E-state index contributed by atoms with van der Waals surface area (Å²) >= 11 is 16.4. The van der Waals surface area contributed by atoms with E-state index in [1.165, 1.54) is 11.8 Å². The van der Waals surface area contributed by atoms with Crippen LogP contribution in [0.3, 0.4) is 0 Å². The number of halogens is 3. The predicted octanol–water partition coefficient (Wildman–Crippen LogP) is 10.0. The van der Waals surface area contributed by atoms with Crippen LogP contribution in [0.1, 0.15) is 29.2 Å². The number of amidine groups is 1. The first-order valence-electron chi connectivity index (χ1n) is 13.2. The van der Waals surface area contributed by atoms with E-state index in [1.807, 2.05) is 93.6 Å². The summed E-state index contributed by atoms with van der Waals surface area (Å²) in [4.78, 5) is 20.8. The lowest BCUT2D eigenvalue weighted by Gasteiger charge is -2.17. The van der Waals surface area contributed by atoms with Gasteiger partial charge in [0.1, 0.15) is 6.61 Å². The molecule has 0 radical (unpaired) electrons. The second-order valence-corrected chi connectivity index (χ2v) is 12.5. The van der Waals surface area contributed by atoms with Gasteiger partial charge in [-0.1, -0.05) is 65.7 Å². The summed E-state index contributed by atoms with van der Waals surface area (Å²) < 4.78 is 13.0. The molecule has 1 saturated heterocycles. The monoisotopic (exact) mass is 728 g/mol. The maximum atomic E-state index is 13.9. The molecule has 0 saturated carbocycles. The van der Waals surface area contributed by atoms with Gasteiger partial charge in [-0.2, -0.15) is 0 Å². The number of aliphatic imine (C=N–C) groups is 1. The fraction of sp³-hybridized carbons (Fsp3) is 0.152. The van der Waals surface area contributed by atoms with Crippen LogP contribution in [0.25, 0.3) is 6.08 Å². The average molecular weight is 729 g/mol. The van der Waals surface area contributed by atoms with E-state index in [9.17, 15) is 4.79 Å². The Kier molecular flexibility index (Phi) is 9.83. The van der Waals surface area contributed by atoms with Crippen molar-refractivity contribution >= 4 is 86.1 Å². The van der Waals surface area contributed by atoms with Crippen LogP contribution in [-0.2, 0) is 11.4 Å². The topological polar surface area (TPSA) is 51.1 Å². The smallest absolute Gasteiger partial charge is 0.271 e. The van der Waals surface area contributed by atoms with Gasteiger partial charge in [0.25, 0.3) is 5.91 Å². The molecule has 0 aromatic heterocycles. The largest absolute Gasteiger partial charge is 0.490 e. The lowest BCUT2D eigenvalue weighted by Crippen LogP contribution is -2.28. The molecule has 0 N–H and O–H groups in total. The fourth-order valence-electron chi connectivity index (χ4n) is 4.21. The number of carbonyl (C=O) groups excluding carboxylic acids is 1. The molecule has 42 heavy (non-hydrogen) atoms. The van der Waals surface area contributed by atoms with Crippen LogP contribution in [0.15, 0.2) is 88.8 Å². The lowest BCUT2D eigenvalue weighted by atomic mass is 10.1. The summed E-state index contributed by atoms with van der Waals surface area (Å²) in [7, 11) is 0. The van der Waals surface area contributed by atoms with Gasteiger partial charge in [0, 0.05) is 10.0 Å². The van der Waals surface area contributed by atoms with Crippen LogP contribution in [0, 0.1) is 17.4 Å². The molecule has 0 aliphatic carbocycles. The molecule has 1 amide bonds. The van der Waals surface area contributed by atoms with Crippen LogP contribution < -0.4 is 14.4 Å². The first-order valence-corrected chi connectivity index (χ1v) is 15.9. The Balaban J connectivity index is 1.52. The van der Waals surface area contributed by atoms with Crippen LogP contribution in [0.2, 0.25) is 10.0 Å². The van der Waals surface area contributed by atoms with Gasteiger partial charge in [0.2, 0.25) is 0 Å². The predicted molar refractivity (Wildman–Crippen MR) is 184 cm³/mol. The molecule has 1 heterocycles.